The number of halogens is 1. The van der Waals surface area contributed by atoms with E-state index >= 15 is 0 Å². The summed E-state index contributed by atoms with van der Waals surface area (Å²) >= 11 is 0. The van der Waals surface area contributed by atoms with E-state index in [0.29, 0.717) is 6.54 Å². The van der Waals surface area contributed by atoms with Crippen LogP contribution >= 0.6 is 12.4 Å². The average molecular weight is 353 g/mol. The first-order valence-electron chi connectivity index (χ1n) is 8.68. The van der Waals surface area contributed by atoms with Gasteiger partial charge in [-0.15, -0.1) is 17.5 Å². The van der Waals surface area contributed by atoms with Crippen LogP contribution in [0.15, 0.2) is 30.5 Å². The number of hydrogen-bond acceptors (Lipinski definition) is 4. The number of ether oxygens (including phenoxy) is 1. The Morgan fingerprint density at radius 1 is 1.04 bits per heavy atom. The number of hydrogen-bond donors (Lipinski definition) is 1. The van der Waals surface area contributed by atoms with Crippen LogP contribution in [0, 0.1) is 0 Å². The van der Waals surface area contributed by atoms with Crippen LogP contribution in [-0.2, 0) is 6.42 Å². The SMILES string of the molecule is CCCCCCCOc1ccc(-n2cc(CCCN)nn2)cc1.Cl. The molecule has 1 heterocycles. The molecule has 0 amide bonds. The summed E-state index contributed by atoms with van der Waals surface area (Å²) in [5.41, 5.74) is 7.48. The quantitative estimate of drug-likeness (QED) is 0.622. The van der Waals surface area contributed by atoms with Crippen LogP contribution in [0.1, 0.15) is 51.1 Å². The molecule has 0 aliphatic heterocycles. The van der Waals surface area contributed by atoms with Crippen molar-refractivity contribution in [3.63, 3.8) is 0 Å². The van der Waals surface area contributed by atoms with E-state index in [9.17, 15) is 0 Å². The van der Waals surface area contributed by atoms with E-state index in [0.717, 1.165) is 43.0 Å². The van der Waals surface area contributed by atoms with Crippen molar-refractivity contribution in [1.82, 2.24) is 15.0 Å². The Balaban J connectivity index is 0.00000288. The molecule has 0 bridgehead atoms. The van der Waals surface area contributed by atoms with E-state index in [4.69, 9.17) is 10.5 Å². The van der Waals surface area contributed by atoms with Gasteiger partial charge in [0.05, 0.1) is 24.2 Å². The molecule has 0 aliphatic rings. The fourth-order valence-corrected chi connectivity index (χ4v) is 2.41. The van der Waals surface area contributed by atoms with Crippen LogP contribution in [0.25, 0.3) is 5.69 Å². The lowest BCUT2D eigenvalue weighted by atomic mass is 10.2. The number of nitrogens with zero attached hydrogens (tertiary/aromatic N) is 3. The summed E-state index contributed by atoms with van der Waals surface area (Å²) in [5, 5.41) is 8.32. The minimum atomic E-state index is 0. The van der Waals surface area contributed by atoms with E-state index in [1.54, 1.807) is 4.68 Å². The van der Waals surface area contributed by atoms with Gasteiger partial charge in [0.1, 0.15) is 5.75 Å². The largest absolute Gasteiger partial charge is 0.494 e. The first kappa shape index (κ1) is 20.5. The molecule has 0 spiro atoms. The van der Waals surface area contributed by atoms with Gasteiger partial charge in [-0.2, -0.15) is 0 Å². The molecule has 0 atom stereocenters. The Bertz CT molecular complexity index is 556. The molecule has 2 aromatic rings. The summed E-state index contributed by atoms with van der Waals surface area (Å²) in [7, 11) is 0. The molecule has 2 rings (SSSR count). The second-order valence-corrected chi connectivity index (χ2v) is 5.80. The topological polar surface area (TPSA) is 66.0 Å². The van der Waals surface area contributed by atoms with E-state index in [-0.39, 0.29) is 12.4 Å². The zero-order valence-corrected chi connectivity index (χ0v) is 15.3. The van der Waals surface area contributed by atoms with Gasteiger partial charge in [0.15, 0.2) is 0 Å². The lowest BCUT2D eigenvalue weighted by Gasteiger charge is -2.07. The Morgan fingerprint density at radius 3 is 2.50 bits per heavy atom. The molecule has 24 heavy (non-hydrogen) atoms. The summed E-state index contributed by atoms with van der Waals surface area (Å²) in [5.74, 6) is 0.910. The zero-order valence-electron chi connectivity index (χ0n) is 14.5. The maximum Gasteiger partial charge on any atom is 0.119 e. The van der Waals surface area contributed by atoms with E-state index < -0.39 is 0 Å². The third-order valence-electron chi connectivity index (χ3n) is 3.80. The minimum Gasteiger partial charge on any atom is -0.494 e. The van der Waals surface area contributed by atoms with Crippen LogP contribution < -0.4 is 10.5 Å². The van der Waals surface area contributed by atoms with Crippen LogP contribution in [-0.4, -0.2) is 28.1 Å². The smallest absolute Gasteiger partial charge is 0.119 e. The second-order valence-electron chi connectivity index (χ2n) is 5.80. The molecule has 5 nitrogen and oxygen atoms in total. The van der Waals surface area contributed by atoms with Crippen molar-refractivity contribution in [3.05, 3.63) is 36.2 Å². The summed E-state index contributed by atoms with van der Waals surface area (Å²) < 4.78 is 7.57. The highest BCUT2D eigenvalue weighted by atomic mass is 35.5. The number of unbranched alkanes of at least 4 members (excludes halogenated alkanes) is 4. The Labute approximate surface area is 151 Å². The molecular weight excluding hydrogens is 324 g/mol. The highest BCUT2D eigenvalue weighted by Crippen LogP contribution is 2.16. The van der Waals surface area contributed by atoms with Crippen molar-refractivity contribution in [2.24, 2.45) is 5.73 Å². The van der Waals surface area contributed by atoms with Crippen molar-refractivity contribution in [2.75, 3.05) is 13.2 Å². The van der Waals surface area contributed by atoms with Crippen LogP contribution in [0.4, 0.5) is 0 Å². The van der Waals surface area contributed by atoms with Gasteiger partial charge in [0, 0.05) is 0 Å². The zero-order chi connectivity index (χ0) is 16.3. The third-order valence-corrected chi connectivity index (χ3v) is 3.80. The first-order chi connectivity index (χ1) is 11.3. The average Bonchev–Trinajstić information content (AvgIpc) is 3.05. The fourth-order valence-electron chi connectivity index (χ4n) is 2.41. The Hall–Kier alpha value is -1.59. The predicted molar refractivity (Wildman–Crippen MR) is 100 cm³/mol. The summed E-state index contributed by atoms with van der Waals surface area (Å²) in [6.45, 7) is 3.70. The lowest BCUT2D eigenvalue weighted by molar-refractivity contribution is 0.304. The van der Waals surface area contributed by atoms with Crippen LogP contribution in [0.3, 0.4) is 0 Å². The normalized spacial score (nSPS) is 10.4. The van der Waals surface area contributed by atoms with E-state index in [2.05, 4.69) is 17.2 Å². The van der Waals surface area contributed by atoms with Gasteiger partial charge in [-0.05, 0) is 50.1 Å². The minimum absolute atomic E-state index is 0. The number of nitrogens with two attached hydrogens (primary N) is 1. The first-order valence-corrected chi connectivity index (χ1v) is 8.68. The van der Waals surface area contributed by atoms with Gasteiger partial charge < -0.3 is 10.5 Å². The maximum atomic E-state index is 5.78. The predicted octanol–water partition coefficient (Wildman–Crippen LogP) is 3.93. The molecule has 2 N–H and O–H groups in total. The maximum absolute atomic E-state index is 5.78. The third kappa shape index (κ3) is 6.89. The van der Waals surface area contributed by atoms with Crippen molar-refractivity contribution in [2.45, 2.75) is 51.9 Å². The molecule has 0 saturated heterocycles. The van der Waals surface area contributed by atoms with Gasteiger partial charge in [-0.25, -0.2) is 4.68 Å². The van der Waals surface area contributed by atoms with Gasteiger partial charge in [-0.1, -0.05) is 37.8 Å². The monoisotopic (exact) mass is 352 g/mol. The molecular formula is C18H29ClN4O. The fraction of sp³-hybridized carbons (Fsp3) is 0.556. The molecule has 1 aromatic carbocycles. The second kappa shape index (κ2) is 11.9. The molecule has 134 valence electrons. The van der Waals surface area contributed by atoms with Crippen molar-refractivity contribution in [1.29, 1.82) is 0 Å². The molecule has 0 unspecified atom stereocenters. The number of aryl methyl sites for hydroxylation is 1. The lowest BCUT2D eigenvalue weighted by Crippen LogP contribution is -2.00. The molecule has 0 aliphatic carbocycles. The van der Waals surface area contributed by atoms with Gasteiger partial charge in [0.25, 0.3) is 0 Å². The van der Waals surface area contributed by atoms with E-state index in [1.165, 1.54) is 25.7 Å². The standard InChI is InChI=1S/C18H28N4O.ClH/c1-2-3-4-5-6-14-23-18-11-9-17(10-12-18)22-15-16(20-21-22)8-7-13-19;/h9-12,15H,2-8,13-14,19H2,1H3;1H. The molecule has 0 fully saturated rings. The van der Waals surface area contributed by atoms with Gasteiger partial charge in [-0.3, -0.25) is 0 Å². The Kier molecular flexibility index (Phi) is 10.1. The molecule has 0 radical (unpaired) electrons. The van der Waals surface area contributed by atoms with E-state index in [1.807, 2.05) is 30.5 Å². The summed E-state index contributed by atoms with van der Waals surface area (Å²) in [6.07, 6.45) is 10.0. The Morgan fingerprint density at radius 2 is 1.79 bits per heavy atom. The molecule has 0 saturated carbocycles. The van der Waals surface area contributed by atoms with Crippen molar-refractivity contribution >= 4 is 12.4 Å². The van der Waals surface area contributed by atoms with Crippen molar-refractivity contribution < 1.29 is 4.74 Å². The summed E-state index contributed by atoms with van der Waals surface area (Å²) in [4.78, 5) is 0. The molecule has 6 heteroatoms. The highest BCUT2D eigenvalue weighted by molar-refractivity contribution is 5.85. The number of aromatic nitrogens is 3. The van der Waals surface area contributed by atoms with Crippen LogP contribution in [0.5, 0.6) is 5.75 Å². The highest BCUT2D eigenvalue weighted by Gasteiger charge is 2.03. The summed E-state index contributed by atoms with van der Waals surface area (Å²) in [6, 6.07) is 7.99. The van der Waals surface area contributed by atoms with Gasteiger partial charge >= 0.3 is 0 Å². The van der Waals surface area contributed by atoms with Crippen LogP contribution in [0.2, 0.25) is 0 Å². The number of benzene rings is 1. The van der Waals surface area contributed by atoms with Crippen molar-refractivity contribution in [3.8, 4) is 11.4 Å². The number of rotatable bonds is 11. The van der Waals surface area contributed by atoms with Gasteiger partial charge in [0.2, 0.25) is 0 Å². The molecule has 1 aromatic heterocycles.